The number of hydrogen-bond donors (Lipinski definition) is 0. The summed E-state index contributed by atoms with van der Waals surface area (Å²) in [6, 6.07) is 10.4. The van der Waals surface area contributed by atoms with E-state index in [4.69, 9.17) is 0 Å². The standard InChI is InChI=1S/C18H20F3N/c1-13(18(19,20)21)15-10-16-8-5-9-17(11-15)22(16)12-14-6-3-2-4-7-14/h2-4,6-7,10,16-17H,1,5,8-9,11-12H2. The quantitative estimate of drug-likeness (QED) is 0.771. The summed E-state index contributed by atoms with van der Waals surface area (Å²) in [6.45, 7) is 4.08. The lowest BCUT2D eigenvalue weighted by molar-refractivity contribution is -0.0899. The molecule has 0 aromatic heterocycles. The van der Waals surface area contributed by atoms with Gasteiger partial charge < -0.3 is 0 Å². The molecule has 2 unspecified atom stereocenters. The third kappa shape index (κ3) is 3.12. The van der Waals surface area contributed by atoms with Crippen LogP contribution in [0.1, 0.15) is 31.2 Å². The topological polar surface area (TPSA) is 3.24 Å². The lowest BCUT2D eigenvalue weighted by Gasteiger charge is -2.45. The minimum Gasteiger partial charge on any atom is -0.289 e. The fourth-order valence-corrected chi connectivity index (χ4v) is 3.56. The number of allylic oxidation sites excluding steroid dienone is 1. The molecule has 0 radical (unpaired) electrons. The van der Waals surface area contributed by atoms with Gasteiger partial charge in [0.15, 0.2) is 0 Å². The van der Waals surface area contributed by atoms with E-state index in [9.17, 15) is 13.2 Å². The van der Waals surface area contributed by atoms with Crippen molar-refractivity contribution in [2.45, 2.75) is 50.5 Å². The molecule has 1 aromatic carbocycles. The van der Waals surface area contributed by atoms with Gasteiger partial charge in [0.1, 0.15) is 0 Å². The number of benzene rings is 1. The van der Waals surface area contributed by atoms with E-state index in [2.05, 4.69) is 23.6 Å². The summed E-state index contributed by atoms with van der Waals surface area (Å²) in [5.74, 6) is 0. The highest BCUT2D eigenvalue weighted by Crippen LogP contribution is 2.40. The molecule has 0 N–H and O–H groups in total. The van der Waals surface area contributed by atoms with Gasteiger partial charge in [-0.1, -0.05) is 49.4 Å². The Morgan fingerprint density at radius 2 is 1.91 bits per heavy atom. The molecule has 1 saturated heterocycles. The molecule has 22 heavy (non-hydrogen) atoms. The first kappa shape index (κ1) is 15.3. The fraction of sp³-hybridized carbons (Fsp3) is 0.444. The molecule has 1 nitrogen and oxygen atoms in total. The van der Waals surface area contributed by atoms with E-state index in [-0.39, 0.29) is 12.1 Å². The minimum atomic E-state index is -4.32. The van der Waals surface area contributed by atoms with Crippen LogP contribution in [-0.2, 0) is 6.54 Å². The zero-order valence-electron chi connectivity index (χ0n) is 12.4. The molecule has 1 fully saturated rings. The van der Waals surface area contributed by atoms with Crippen molar-refractivity contribution >= 4 is 0 Å². The average Bonchev–Trinajstić information content (AvgIpc) is 2.46. The summed E-state index contributed by atoms with van der Waals surface area (Å²) in [4.78, 5) is 2.35. The molecule has 0 amide bonds. The minimum absolute atomic E-state index is 0.0989. The molecular weight excluding hydrogens is 287 g/mol. The Bertz CT molecular complexity index is 574. The SMILES string of the molecule is C=C(C1=CC2CCCC(C1)N2Cc1ccccc1)C(F)(F)F. The zero-order chi connectivity index (χ0) is 15.7. The van der Waals surface area contributed by atoms with Crippen molar-refractivity contribution in [2.24, 2.45) is 0 Å². The van der Waals surface area contributed by atoms with Gasteiger partial charge in [-0.15, -0.1) is 0 Å². The predicted molar refractivity (Wildman–Crippen MR) is 81.3 cm³/mol. The maximum Gasteiger partial charge on any atom is 0.416 e. The molecule has 3 rings (SSSR count). The number of hydrogen-bond acceptors (Lipinski definition) is 1. The summed E-state index contributed by atoms with van der Waals surface area (Å²) in [5, 5.41) is 0. The van der Waals surface area contributed by atoms with Crippen molar-refractivity contribution in [3.63, 3.8) is 0 Å². The molecule has 118 valence electrons. The van der Waals surface area contributed by atoms with Crippen molar-refractivity contribution in [1.29, 1.82) is 0 Å². The van der Waals surface area contributed by atoms with E-state index in [1.165, 1.54) is 5.56 Å². The van der Waals surface area contributed by atoms with Crippen LogP contribution in [-0.4, -0.2) is 23.2 Å². The van der Waals surface area contributed by atoms with Crippen molar-refractivity contribution in [2.75, 3.05) is 0 Å². The number of rotatable bonds is 3. The highest BCUT2D eigenvalue weighted by atomic mass is 19.4. The highest BCUT2D eigenvalue weighted by molar-refractivity contribution is 5.36. The average molecular weight is 307 g/mol. The second kappa shape index (κ2) is 5.92. The number of halogens is 3. The van der Waals surface area contributed by atoms with E-state index in [0.29, 0.717) is 12.0 Å². The van der Waals surface area contributed by atoms with Crippen LogP contribution in [0.25, 0.3) is 0 Å². The van der Waals surface area contributed by atoms with Crippen molar-refractivity contribution in [3.05, 3.63) is 59.7 Å². The van der Waals surface area contributed by atoms with Gasteiger partial charge >= 0.3 is 6.18 Å². The second-order valence-corrected chi connectivity index (χ2v) is 6.18. The third-order valence-corrected chi connectivity index (χ3v) is 4.72. The van der Waals surface area contributed by atoms with Crippen molar-refractivity contribution < 1.29 is 13.2 Å². The van der Waals surface area contributed by atoms with E-state index in [1.54, 1.807) is 6.08 Å². The number of nitrogens with zero attached hydrogens (tertiary/aromatic N) is 1. The van der Waals surface area contributed by atoms with Gasteiger partial charge in [0.05, 0.1) is 5.57 Å². The first-order valence-electron chi connectivity index (χ1n) is 7.72. The Kier molecular flexibility index (Phi) is 4.13. The Morgan fingerprint density at radius 3 is 2.55 bits per heavy atom. The van der Waals surface area contributed by atoms with E-state index in [1.807, 2.05) is 18.2 Å². The molecule has 2 aliphatic rings. The smallest absolute Gasteiger partial charge is 0.289 e. The maximum atomic E-state index is 12.9. The predicted octanol–water partition coefficient (Wildman–Crippen LogP) is 4.86. The van der Waals surface area contributed by atoms with Crippen molar-refractivity contribution in [1.82, 2.24) is 4.90 Å². The number of piperidine rings is 1. The van der Waals surface area contributed by atoms with Gasteiger partial charge in [0.25, 0.3) is 0 Å². The fourth-order valence-electron chi connectivity index (χ4n) is 3.56. The lowest BCUT2D eigenvalue weighted by atomic mass is 9.82. The van der Waals surface area contributed by atoms with Gasteiger partial charge in [-0.2, -0.15) is 13.2 Å². The molecule has 0 aliphatic carbocycles. The van der Waals surface area contributed by atoms with Gasteiger partial charge in [0.2, 0.25) is 0 Å². The van der Waals surface area contributed by atoms with E-state index >= 15 is 0 Å². The number of fused-ring (bicyclic) bond motifs is 2. The molecule has 2 heterocycles. The lowest BCUT2D eigenvalue weighted by Crippen LogP contribution is -2.48. The Labute approximate surface area is 129 Å². The molecule has 0 spiro atoms. The molecule has 2 aliphatic heterocycles. The van der Waals surface area contributed by atoms with Crippen molar-refractivity contribution in [3.8, 4) is 0 Å². The summed E-state index contributed by atoms with van der Waals surface area (Å²) in [7, 11) is 0. The van der Waals surface area contributed by atoms with Gasteiger partial charge in [0, 0.05) is 18.6 Å². The molecular formula is C18H20F3N. The van der Waals surface area contributed by atoms with Crippen LogP contribution >= 0.6 is 0 Å². The molecule has 0 saturated carbocycles. The highest BCUT2D eigenvalue weighted by Gasteiger charge is 2.40. The summed E-state index contributed by atoms with van der Waals surface area (Å²) >= 11 is 0. The normalized spacial score (nSPS) is 25.7. The molecule has 1 aromatic rings. The summed E-state index contributed by atoms with van der Waals surface area (Å²) in [5.41, 5.74) is 0.946. The van der Waals surface area contributed by atoms with Gasteiger partial charge in [-0.05, 0) is 30.4 Å². The number of alkyl halides is 3. The van der Waals surface area contributed by atoms with Gasteiger partial charge in [-0.25, -0.2) is 0 Å². The van der Waals surface area contributed by atoms with Crippen LogP contribution in [0.15, 0.2) is 54.1 Å². The van der Waals surface area contributed by atoms with Crippen LogP contribution in [0.4, 0.5) is 13.2 Å². The van der Waals surface area contributed by atoms with Crippen LogP contribution in [0.5, 0.6) is 0 Å². The van der Waals surface area contributed by atoms with E-state index < -0.39 is 11.7 Å². The third-order valence-electron chi connectivity index (χ3n) is 4.72. The molecule has 2 bridgehead atoms. The second-order valence-electron chi connectivity index (χ2n) is 6.18. The van der Waals surface area contributed by atoms with Crippen LogP contribution in [0.3, 0.4) is 0 Å². The van der Waals surface area contributed by atoms with Gasteiger partial charge in [-0.3, -0.25) is 4.90 Å². The largest absolute Gasteiger partial charge is 0.416 e. The first-order valence-corrected chi connectivity index (χ1v) is 7.72. The summed E-state index contributed by atoms with van der Waals surface area (Å²) < 4.78 is 38.7. The monoisotopic (exact) mass is 307 g/mol. The van der Waals surface area contributed by atoms with E-state index in [0.717, 1.165) is 25.8 Å². The maximum absolute atomic E-state index is 12.9. The Hall–Kier alpha value is -1.55. The molecule has 4 heteroatoms. The molecule has 2 atom stereocenters. The summed E-state index contributed by atoms with van der Waals surface area (Å²) in [6.07, 6.45) is 0.921. The zero-order valence-corrected chi connectivity index (χ0v) is 12.4. The van der Waals surface area contributed by atoms with Crippen LogP contribution in [0, 0.1) is 0 Å². The van der Waals surface area contributed by atoms with Crippen LogP contribution in [0.2, 0.25) is 0 Å². The Morgan fingerprint density at radius 1 is 1.18 bits per heavy atom. The van der Waals surface area contributed by atoms with Crippen LogP contribution < -0.4 is 0 Å². The first-order chi connectivity index (χ1) is 10.4. The Balaban J connectivity index is 1.81.